The Balaban J connectivity index is 2.78. The smallest absolute Gasteiger partial charge is 0.390 e. The molecular weight excluding hydrogens is 269 g/mol. The third-order valence-corrected chi connectivity index (χ3v) is 3.63. The van der Waals surface area contributed by atoms with Crippen molar-refractivity contribution < 1.29 is 23.4 Å². The molecule has 1 rings (SSSR count). The third kappa shape index (κ3) is 4.49. The second kappa shape index (κ2) is 7.09. The lowest BCUT2D eigenvalue weighted by Gasteiger charge is -2.25. The number of hydrogen-bond acceptors (Lipinski definition) is 2. The maximum absolute atomic E-state index is 12.6. The summed E-state index contributed by atoms with van der Waals surface area (Å²) in [5.41, 5.74) is -0.364. The van der Waals surface area contributed by atoms with Crippen LogP contribution in [0, 0.1) is 5.92 Å². The first kappa shape index (κ1) is 17.0. The lowest BCUT2D eigenvalue weighted by Crippen LogP contribution is -2.34. The molecule has 0 aromatic heterocycles. The fraction of sp³-hybridized carbons (Fsp3) is 0.600. The Labute approximate surface area is 117 Å². The highest BCUT2D eigenvalue weighted by Gasteiger charge is 2.31. The number of hydrogen-bond donors (Lipinski definition) is 2. The van der Waals surface area contributed by atoms with Gasteiger partial charge in [0.15, 0.2) is 0 Å². The molecule has 114 valence electrons. The number of rotatable bonds is 6. The molecule has 5 heteroatoms. The molecule has 0 spiro atoms. The Morgan fingerprint density at radius 3 is 2.20 bits per heavy atom. The minimum atomic E-state index is -4.39. The number of halogens is 3. The van der Waals surface area contributed by atoms with Gasteiger partial charge in [-0.1, -0.05) is 44.9 Å². The van der Waals surface area contributed by atoms with E-state index in [9.17, 15) is 23.4 Å². The molecule has 0 heterocycles. The zero-order valence-electron chi connectivity index (χ0n) is 11.7. The van der Waals surface area contributed by atoms with Crippen molar-refractivity contribution >= 4 is 0 Å². The van der Waals surface area contributed by atoms with E-state index in [0.717, 1.165) is 25.0 Å². The van der Waals surface area contributed by atoms with Crippen molar-refractivity contribution in [2.45, 2.75) is 51.5 Å². The van der Waals surface area contributed by atoms with E-state index < -0.39 is 23.9 Å². The molecule has 0 aliphatic heterocycles. The van der Waals surface area contributed by atoms with Crippen LogP contribution in [0.25, 0.3) is 0 Å². The maximum Gasteiger partial charge on any atom is 0.416 e. The summed E-state index contributed by atoms with van der Waals surface area (Å²) in [5, 5.41) is 20.0. The molecule has 2 N–H and O–H groups in total. The van der Waals surface area contributed by atoms with Crippen LogP contribution in [0.3, 0.4) is 0 Å². The molecule has 2 atom stereocenters. The second-order valence-electron chi connectivity index (χ2n) is 5.04. The van der Waals surface area contributed by atoms with E-state index in [1.165, 1.54) is 12.1 Å². The normalized spacial score (nSPS) is 15.4. The van der Waals surface area contributed by atoms with Crippen LogP contribution in [-0.2, 0) is 12.6 Å². The summed E-state index contributed by atoms with van der Waals surface area (Å²) in [6, 6.07) is 4.85. The molecule has 0 saturated carbocycles. The van der Waals surface area contributed by atoms with E-state index in [-0.39, 0.29) is 12.3 Å². The number of aliphatic hydroxyl groups excluding tert-OH is 2. The van der Waals surface area contributed by atoms with E-state index in [1.54, 1.807) is 0 Å². The Kier molecular flexibility index (Phi) is 6.02. The molecule has 1 aromatic rings. The summed E-state index contributed by atoms with van der Waals surface area (Å²) in [4.78, 5) is 0. The van der Waals surface area contributed by atoms with Crippen molar-refractivity contribution in [3.8, 4) is 0 Å². The fourth-order valence-electron chi connectivity index (χ4n) is 2.32. The Hall–Kier alpha value is -1.07. The largest absolute Gasteiger partial charge is 0.416 e. The fourth-order valence-corrected chi connectivity index (χ4v) is 2.32. The number of aliphatic hydroxyl groups is 2. The van der Waals surface area contributed by atoms with Crippen LogP contribution in [0.4, 0.5) is 13.2 Å². The lowest BCUT2D eigenvalue weighted by atomic mass is 9.90. The van der Waals surface area contributed by atoms with E-state index in [4.69, 9.17) is 0 Å². The van der Waals surface area contributed by atoms with Gasteiger partial charge in [-0.05, 0) is 17.5 Å². The van der Waals surface area contributed by atoms with Gasteiger partial charge in [0, 0.05) is 6.42 Å². The molecule has 0 aliphatic rings. The molecule has 0 fully saturated rings. The highest BCUT2D eigenvalue weighted by atomic mass is 19.4. The average Bonchev–Trinajstić information content (AvgIpc) is 2.39. The first-order chi connectivity index (χ1) is 9.29. The van der Waals surface area contributed by atoms with Crippen molar-refractivity contribution in [3.63, 3.8) is 0 Å². The van der Waals surface area contributed by atoms with Crippen LogP contribution in [0.15, 0.2) is 24.3 Å². The molecule has 2 nitrogen and oxygen atoms in total. The highest BCUT2D eigenvalue weighted by Crippen LogP contribution is 2.30. The highest BCUT2D eigenvalue weighted by molar-refractivity contribution is 5.26. The molecule has 0 bridgehead atoms. The maximum atomic E-state index is 12.6. The van der Waals surface area contributed by atoms with Crippen LogP contribution in [-0.4, -0.2) is 22.4 Å². The molecular formula is C15H21F3O2. The lowest BCUT2D eigenvalue weighted by molar-refractivity contribution is -0.137. The summed E-state index contributed by atoms with van der Waals surface area (Å²) in [6.07, 6.45) is -4.91. The van der Waals surface area contributed by atoms with E-state index in [2.05, 4.69) is 0 Å². The van der Waals surface area contributed by atoms with Crippen LogP contribution in [0.2, 0.25) is 0 Å². The molecule has 2 unspecified atom stereocenters. The van der Waals surface area contributed by atoms with E-state index in [1.807, 2.05) is 13.8 Å². The summed E-state index contributed by atoms with van der Waals surface area (Å²) < 4.78 is 37.8. The van der Waals surface area contributed by atoms with Gasteiger partial charge in [-0.3, -0.25) is 0 Å². The Morgan fingerprint density at radius 1 is 1.10 bits per heavy atom. The van der Waals surface area contributed by atoms with Gasteiger partial charge in [0.2, 0.25) is 0 Å². The molecule has 0 aliphatic carbocycles. The van der Waals surface area contributed by atoms with Gasteiger partial charge in [0.05, 0.1) is 17.8 Å². The molecule has 0 radical (unpaired) electrons. The summed E-state index contributed by atoms with van der Waals surface area (Å²) in [6.45, 7) is 3.82. The van der Waals surface area contributed by atoms with Gasteiger partial charge >= 0.3 is 6.18 Å². The van der Waals surface area contributed by atoms with Crippen molar-refractivity contribution in [2.75, 3.05) is 0 Å². The van der Waals surface area contributed by atoms with Crippen molar-refractivity contribution in [1.29, 1.82) is 0 Å². The molecule has 1 aromatic carbocycles. The standard InChI is InChI=1S/C15H21F3O2/c1-3-11(4-2)14(20)13(19)9-10-6-5-7-12(8-10)15(16,17)18/h5-8,11,13-14,19-20H,3-4,9H2,1-2H3. The first-order valence-electron chi connectivity index (χ1n) is 6.81. The van der Waals surface area contributed by atoms with E-state index in [0.29, 0.717) is 5.56 Å². The van der Waals surface area contributed by atoms with Crippen molar-refractivity contribution in [1.82, 2.24) is 0 Å². The van der Waals surface area contributed by atoms with Crippen LogP contribution < -0.4 is 0 Å². The summed E-state index contributed by atoms with van der Waals surface area (Å²) in [7, 11) is 0. The Bertz CT molecular complexity index is 414. The zero-order chi connectivity index (χ0) is 15.3. The molecule has 20 heavy (non-hydrogen) atoms. The van der Waals surface area contributed by atoms with Gasteiger partial charge in [0.1, 0.15) is 0 Å². The van der Waals surface area contributed by atoms with Gasteiger partial charge < -0.3 is 10.2 Å². The summed E-state index contributed by atoms with van der Waals surface area (Å²) in [5.74, 6) is -0.0456. The Morgan fingerprint density at radius 2 is 1.70 bits per heavy atom. The van der Waals surface area contributed by atoms with Crippen LogP contribution >= 0.6 is 0 Å². The third-order valence-electron chi connectivity index (χ3n) is 3.63. The predicted octanol–water partition coefficient (Wildman–Crippen LogP) is 3.41. The topological polar surface area (TPSA) is 40.5 Å². The van der Waals surface area contributed by atoms with Crippen LogP contribution in [0.5, 0.6) is 0 Å². The number of alkyl halides is 3. The average molecular weight is 290 g/mol. The van der Waals surface area contributed by atoms with Gasteiger partial charge in [-0.2, -0.15) is 13.2 Å². The predicted molar refractivity (Wildman–Crippen MR) is 71.2 cm³/mol. The first-order valence-corrected chi connectivity index (χ1v) is 6.81. The SMILES string of the molecule is CCC(CC)C(O)C(O)Cc1cccc(C(F)(F)F)c1. The number of benzene rings is 1. The monoisotopic (exact) mass is 290 g/mol. The quantitative estimate of drug-likeness (QED) is 0.843. The zero-order valence-corrected chi connectivity index (χ0v) is 11.7. The minimum Gasteiger partial charge on any atom is -0.390 e. The van der Waals surface area contributed by atoms with Crippen molar-refractivity contribution in [3.05, 3.63) is 35.4 Å². The minimum absolute atomic E-state index is 0.0155. The molecule has 0 saturated heterocycles. The summed E-state index contributed by atoms with van der Waals surface area (Å²) >= 11 is 0. The van der Waals surface area contributed by atoms with Gasteiger partial charge in [-0.15, -0.1) is 0 Å². The second-order valence-corrected chi connectivity index (χ2v) is 5.04. The molecule has 0 amide bonds. The van der Waals surface area contributed by atoms with Gasteiger partial charge in [0.25, 0.3) is 0 Å². The van der Waals surface area contributed by atoms with Crippen LogP contribution in [0.1, 0.15) is 37.8 Å². The van der Waals surface area contributed by atoms with Crippen molar-refractivity contribution in [2.24, 2.45) is 5.92 Å². The van der Waals surface area contributed by atoms with E-state index >= 15 is 0 Å². The van der Waals surface area contributed by atoms with Gasteiger partial charge in [-0.25, -0.2) is 0 Å².